The zero-order valence-corrected chi connectivity index (χ0v) is 11.5. The first-order valence-electron chi connectivity index (χ1n) is 6.45. The van der Waals surface area contributed by atoms with Gasteiger partial charge in [0, 0.05) is 5.02 Å². The van der Waals surface area contributed by atoms with Crippen molar-refractivity contribution < 1.29 is 0 Å². The van der Waals surface area contributed by atoms with E-state index in [0.717, 1.165) is 5.02 Å². The van der Waals surface area contributed by atoms with Crippen LogP contribution in [-0.4, -0.2) is 0 Å². The normalized spacial score (nSPS) is 12.8. The fourth-order valence-electron chi connectivity index (χ4n) is 2.32. The molecule has 0 aliphatic heterocycles. The average Bonchev–Trinajstić information content (AvgIpc) is 2.28. The summed E-state index contributed by atoms with van der Waals surface area (Å²) in [5, 5.41) is 0.912. The summed E-state index contributed by atoms with van der Waals surface area (Å²) in [6.07, 6.45) is 6.42. The van der Waals surface area contributed by atoms with E-state index in [4.69, 9.17) is 11.6 Å². The lowest BCUT2D eigenvalue weighted by Gasteiger charge is -2.19. The number of benzene rings is 1. The Hall–Kier alpha value is -0.490. The second-order valence-electron chi connectivity index (χ2n) is 4.58. The van der Waals surface area contributed by atoms with Crippen molar-refractivity contribution in [2.24, 2.45) is 0 Å². The van der Waals surface area contributed by atoms with Crippen LogP contribution in [0.1, 0.15) is 63.0 Å². The quantitative estimate of drug-likeness (QED) is 0.594. The van der Waals surface area contributed by atoms with Crippen LogP contribution in [0.3, 0.4) is 0 Å². The summed E-state index contributed by atoms with van der Waals surface area (Å²) in [6, 6.07) is 6.32. The summed E-state index contributed by atoms with van der Waals surface area (Å²) in [6.45, 7) is 6.67. The van der Waals surface area contributed by atoms with Gasteiger partial charge in [0.1, 0.15) is 0 Å². The fourth-order valence-corrected chi connectivity index (χ4v) is 2.50. The molecule has 0 fully saturated rings. The van der Waals surface area contributed by atoms with Crippen LogP contribution in [0.4, 0.5) is 0 Å². The van der Waals surface area contributed by atoms with Crippen LogP contribution in [-0.2, 0) is 0 Å². The van der Waals surface area contributed by atoms with Crippen molar-refractivity contribution in [2.75, 3.05) is 0 Å². The molecule has 0 spiro atoms. The Bertz CT molecular complexity index is 317. The third kappa shape index (κ3) is 3.52. The lowest BCUT2D eigenvalue weighted by molar-refractivity contribution is 0.539. The van der Waals surface area contributed by atoms with E-state index in [1.807, 2.05) is 6.07 Å². The summed E-state index contributed by atoms with van der Waals surface area (Å²) in [5.74, 6) is 0.698. The third-order valence-corrected chi connectivity index (χ3v) is 3.70. The molecule has 0 N–H and O–H groups in total. The second-order valence-corrected chi connectivity index (χ2v) is 4.99. The van der Waals surface area contributed by atoms with Gasteiger partial charge in [-0.25, -0.2) is 0 Å². The molecule has 90 valence electrons. The Balaban J connectivity index is 2.86. The lowest BCUT2D eigenvalue weighted by atomic mass is 9.87. The van der Waals surface area contributed by atoms with E-state index in [1.165, 1.54) is 43.2 Å². The molecule has 0 saturated heterocycles. The van der Waals surface area contributed by atoms with Crippen LogP contribution in [0, 0.1) is 6.92 Å². The van der Waals surface area contributed by atoms with Crippen molar-refractivity contribution in [1.82, 2.24) is 0 Å². The Labute approximate surface area is 105 Å². The van der Waals surface area contributed by atoms with Gasteiger partial charge in [-0.3, -0.25) is 0 Å². The third-order valence-electron chi connectivity index (χ3n) is 3.29. The summed E-state index contributed by atoms with van der Waals surface area (Å²) < 4.78 is 0. The highest BCUT2D eigenvalue weighted by molar-refractivity contribution is 6.31. The molecule has 0 aliphatic rings. The molecule has 0 saturated carbocycles. The standard InChI is InChI=1S/C15H23Cl/c1-4-6-9-13(8-5-2)14-10-7-11-15(16)12(14)3/h7,10-11,13H,4-6,8-9H2,1-3H3. The maximum atomic E-state index is 6.19. The Kier molecular flexibility index (Phi) is 5.90. The molecule has 1 rings (SSSR count). The number of hydrogen-bond acceptors (Lipinski definition) is 0. The van der Waals surface area contributed by atoms with Gasteiger partial charge in [-0.05, 0) is 42.9 Å². The molecule has 1 atom stereocenters. The highest BCUT2D eigenvalue weighted by atomic mass is 35.5. The predicted molar refractivity (Wildman–Crippen MR) is 73.4 cm³/mol. The first kappa shape index (κ1) is 13.6. The van der Waals surface area contributed by atoms with Gasteiger partial charge in [0.2, 0.25) is 0 Å². The van der Waals surface area contributed by atoms with Crippen LogP contribution in [0.25, 0.3) is 0 Å². The molecule has 1 aromatic carbocycles. The van der Waals surface area contributed by atoms with E-state index < -0.39 is 0 Å². The summed E-state index contributed by atoms with van der Waals surface area (Å²) in [4.78, 5) is 0. The first-order chi connectivity index (χ1) is 7.70. The van der Waals surface area contributed by atoms with Gasteiger partial charge in [-0.2, -0.15) is 0 Å². The topological polar surface area (TPSA) is 0 Å². The van der Waals surface area contributed by atoms with Gasteiger partial charge in [-0.15, -0.1) is 0 Å². The fraction of sp³-hybridized carbons (Fsp3) is 0.600. The Morgan fingerprint density at radius 3 is 2.50 bits per heavy atom. The molecule has 0 radical (unpaired) electrons. The number of unbranched alkanes of at least 4 members (excludes halogenated alkanes) is 1. The maximum absolute atomic E-state index is 6.19. The highest BCUT2D eigenvalue weighted by Crippen LogP contribution is 2.32. The minimum absolute atomic E-state index is 0.698. The van der Waals surface area contributed by atoms with Crippen molar-refractivity contribution >= 4 is 11.6 Å². The van der Waals surface area contributed by atoms with Crippen molar-refractivity contribution in [2.45, 2.75) is 58.8 Å². The zero-order chi connectivity index (χ0) is 12.0. The molecule has 1 aromatic rings. The highest BCUT2D eigenvalue weighted by Gasteiger charge is 2.13. The zero-order valence-electron chi connectivity index (χ0n) is 10.7. The van der Waals surface area contributed by atoms with Gasteiger partial charge < -0.3 is 0 Å². The van der Waals surface area contributed by atoms with E-state index in [2.05, 4.69) is 32.9 Å². The molecule has 0 aromatic heterocycles. The van der Waals surface area contributed by atoms with Crippen LogP contribution in [0.2, 0.25) is 5.02 Å². The molecule has 0 amide bonds. The summed E-state index contributed by atoms with van der Waals surface area (Å²) >= 11 is 6.19. The van der Waals surface area contributed by atoms with Crippen molar-refractivity contribution in [3.8, 4) is 0 Å². The van der Waals surface area contributed by atoms with Gasteiger partial charge >= 0.3 is 0 Å². The van der Waals surface area contributed by atoms with E-state index >= 15 is 0 Å². The largest absolute Gasteiger partial charge is 0.0840 e. The second kappa shape index (κ2) is 6.96. The van der Waals surface area contributed by atoms with Crippen LogP contribution in [0.15, 0.2) is 18.2 Å². The minimum atomic E-state index is 0.698. The molecule has 0 bridgehead atoms. The van der Waals surface area contributed by atoms with E-state index in [-0.39, 0.29) is 0 Å². The van der Waals surface area contributed by atoms with Crippen LogP contribution >= 0.6 is 11.6 Å². The molecule has 0 heterocycles. The first-order valence-corrected chi connectivity index (χ1v) is 6.83. The monoisotopic (exact) mass is 238 g/mol. The lowest BCUT2D eigenvalue weighted by Crippen LogP contribution is -2.01. The minimum Gasteiger partial charge on any atom is -0.0840 e. The van der Waals surface area contributed by atoms with Crippen LogP contribution in [0.5, 0.6) is 0 Å². The van der Waals surface area contributed by atoms with Gasteiger partial charge in [0.25, 0.3) is 0 Å². The van der Waals surface area contributed by atoms with E-state index in [0.29, 0.717) is 5.92 Å². The van der Waals surface area contributed by atoms with Crippen molar-refractivity contribution in [1.29, 1.82) is 0 Å². The van der Waals surface area contributed by atoms with Gasteiger partial charge in [0.05, 0.1) is 0 Å². The SMILES string of the molecule is CCCCC(CCC)c1cccc(Cl)c1C. The molecule has 1 heteroatoms. The van der Waals surface area contributed by atoms with E-state index in [1.54, 1.807) is 0 Å². The number of halogens is 1. The summed E-state index contributed by atoms with van der Waals surface area (Å²) in [7, 11) is 0. The molecule has 16 heavy (non-hydrogen) atoms. The average molecular weight is 239 g/mol. The Morgan fingerprint density at radius 2 is 1.88 bits per heavy atom. The van der Waals surface area contributed by atoms with Crippen molar-refractivity contribution in [3.05, 3.63) is 34.3 Å². The molecule has 0 aliphatic carbocycles. The van der Waals surface area contributed by atoms with Crippen LogP contribution < -0.4 is 0 Å². The molecule has 0 nitrogen and oxygen atoms in total. The molecular formula is C15H23Cl. The summed E-state index contributed by atoms with van der Waals surface area (Å²) in [5.41, 5.74) is 2.74. The Morgan fingerprint density at radius 1 is 1.12 bits per heavy atom. The molecular weight excluding hydrogens is 216 g/mol. The smallest absolute Gasteiger partial charge is 0.0438 e. The van der Waals surface area contributed by atoms with Gasteiger partial charge in [-0.1, -0.05) is 56.8 Å². The van der Waals surface area contributed by atoms with E-state index in [9.17, 15) is 0 Å². The van der Waals surface area contributed by atoms with Gasteiger partial charge in [0.15, 0.2) is 0 Å². The maximum Gasteiger partial charge on any atom is 0.0438 e. The van der Waals surface area contributed by atoms with Crippen molar-refractivity contribution in [3.63, 3.8) is 0 Å². The number of hydrogen-bond donors (Lipinski definition) is 0. The number of rotatable bonds is 6. The predicted octanol–water partition coefficient (Wildman–Crippen LogP) is 5.72. The molecule has 1 unspecified atom stereocenters.